The van der Waals surface area contributed by atoms with Crippen molar-refractivity contribution in [1.29, 1.82) is 0 Å². The van der Waals surface area contributed by atoms with E-state index in [9.17, 15) is 15.0 Å². The minimum Gasteiger partial charge on any atom is -0.496 e. The molecule has 0 spiro atoms. The summed E-state index contributed by atoms with van der Waals surface area (Å²) in [6, 6.07) is 10.9. The molecule has 7 nitrogen and oxygen atoms in total. The molecule has 1 aliphatic heterocycles. The first kappa shape index (κ1) is 20.1. The molecule has 0 bridgehead atoms. The van der Waals surface area contributed by atoms with Gasteiger partial charge in [0.2, 0.25) is 0 Å². The van der Waals surface area contributed by atoms with Crippen LogP contribution >= 0.6 is 0 Å². The monoisotopic (exact) mass is 385 g/mol. The molecule has 1 heterocycles. The zero-order chi connectivity index (χ0) is 20.1. The fourth-order valence-corrected chi connectivity index (χ4v) is 3.36. The molecule has 28 heavy (non-hydrogen) atoms. The van der Waals surface area contributed by atoms with Crippen LogP contribution in [0.1, 0.15) is 21.5 Å². The van der Waals surface area contributed by atoms with E-state index < -0.39 is 0 Å². The summed E-state index contributed by atoms with van der Waals surface area (Å²) in [5, 5.41) is 21.9. The molecule has 1 saturated heterocycles. The van der Waals surface area contributed by atoms with Gasteiger partial charge < -0.3 is 30.1 Å². The second-order valence-electron chi connectivity index (χ2n) is 6.92. The summed E-state index contributed by atoms with van der Waals surface area (Å²) in [6.45, 7) is 3.50. The molecule has 0 radical (unpaired) electrons. The van der Waals surface area contributed by atoms with E-state index in [0.29, 0.717) is 28.1 Å². The van der Waals surface area contributed by atoms with Crippen molar-refractivity contribution in [1.82, 2.24) is 4.90 Å². The van der Waals surface area contributed by atoms with Gasteiger partial charge in [-0.05, 0) is 49.0 Å². The fraction of sp³-hybridized carbons (Fsp3) is 0.381. The standard InChI is InChI=1S/C21H27N3O4/c1-23-7-9-24(10-8-23)18-5-3-17(4-6-18)22-21(27)15-11-16(13-25)19(14-26)20(12-15)28-2/h3-6,11-12,25-26H,7-10,13-14H2,1-2H3,(H,22,27). The lowest BCUT2D eigenvalue weighted by molar-refractivity contribution is 0.102. The van der Waals surface area contributed by atoms with Gasteiger partial charge in [0.05, 0.1) is 20.3 Å². The first-order valence-corrected chi connectivity index (χ1v) is 9.32. The number of amides is 1. The SMILES string of the molecule is COc1cc(C(=O)Nc2ccc(N3CCN(C)CC3)cc2)cc(CO)c1CO. The minimum atomic E-state index is -0.301. The van der Waals surface area contributed by atoms with Gasteiger partial charge in [-0.15, -0.1) is 0 Å². The Kier molecular flexibility index (Phi) is 6.51. The summed E-state index contributed by atoms with van der Waals surface area (Å²) in [5.74, 6) is 0.0782. The summed E-state index contributed by atoms with van der Waals surface area (Å²) in [4.78, 5) is 17.3. The second-order valence-corrected chi connectivity index (χ2v) is 6.92. The van der Waals surface area contributed by atoms with Crippen LogP contribution in [0.3, 0.4) is 0 Å². The number of benzene rings is 2. The van der Waals surface area contributed by atoms with Gasteiger partial charge >= 0.3 is 0 Å². The Morgan fingerprint density at radius 3 is 2.32 bits per heavy atom. The van der Waals surface area contributed by atoms with Crippen LogP contribution in [0.4, 0.5) is 11.4 Å². The Labute approximate surface area is 165 Å². The fourth-order valence-electron chi connectivity index (χ4n) is 3.36. The third-order valence-corrected chi connectivity index (χ3v) is 5.11. The molecule has 0 saturated carbocycles. The van der Waals surface area contributed by atoms with Crippen molar-refractivity contribution in [3.63, 3.8) is 0 Å². The van der Waals surface area contributed by atoms with E-state index in [4.69, 9.17) is 4.74 Å². The number of piperazine rings is 1. The molecule has 0 atom stereocenters. The Hall–Kier alpha value is -2.61. The highest BCUT2D eigenvalue weighted by Gasteiger charge is 2.16. The first-order valence-electron chi connectivity index (χ1n) is 9.32. The lowest BCUT2D eigenvalue weighted by Crippen LogP contribution is -2.44. The van der Waals surface area contributed by atoms with Crippen molar-refractivity contribution < 1.29 is 19.7 Å². The number of rotatable bonds is 6. The Morgan fingerprint density at radius 1 is 1.07 bits per heavy atom. The van der Waals surface area contributed by atoms with Gasteiger partial charge in [0.15, 0.2) is 0 Å². The van der Waals surface area contributed by atoms with Crippen molar-refractivity contribution >= 4 is 17.3 Å². The molecule has 2 aromatic rings. The highest BCUT2D eigenvalue weighted by molar-refractivity contribution is 6.04. The molecule has 1 amide bonds. The number of nitrogens with zero attached hydrogens (tertiary/aromatic N) is 2. The van der Waals surface area contributed by atoms with Gasteiger partial charge in [0.1, 0.15) is 5.75 Å². The van der Waals surface area contributed by atoms with Gasteiger partial charge in [-0.2, -0.15) is 0 Å². The normalized spacial score (nSPS) is 14.8. The van der Waals surface area contributed by atoms with Crippen LogP contribution < -0.4 is 15.0 Å². The van der Waals surface area contributed by atoms with E-state index in [1.54, 1.807) is 12.1 Å². The van der Waals surface area contributed by atoms with Gasteiger partial charge in [-0.25, -0.2) is 0 Å². The molecule has 3 rings (SSSR count). The van der Waals surface area contributed by atoms with E-state index in [1.807, 2.05) is 24.3 Å². The maximum absolute atomic E-state index is 12.6. The Bertz CT molecular complexity index is 790. The molecule has 0 aromatic heterocycles. The van der Waals surface area contributed by atoms with Crippen LogP contribution in [0.5, 0.6) is 5.75 Å². The third kappa shape index (κ3) is 4.44. The summed E-state index contributed by atoms with van der Waals surface area (Å²) in [5.41, 5.74) is 3.15. The lowest BCUT2D eigenvalue weighted by Gasteiger charge is -2.34. The summed E-state index contributed by atoms with van der Waals surface area (Å²) < 4.78 is 5.25. The first-order chi connectivity index (χ1) is 13.5. The molecule has 2 aromatic carbocycles. The summed E-state index contributed by atoms with van der Waals surface area (Å²) >= 11 is 0. The average molecular weight is 385 g/mol. The van der Waals surface area contributed by atoms with E-state index in [-0.39, 0.29) is 19.1 Å². The van der Waals surface area contributed by atoms with Gasteiger partial charge in [-0.3, -0.25) is 4.79 Å². The van der Waals surface area contributed by atoms with Crippen molar-refractivity contribution in [2.75, 3.05) is 50.6 Å². The molecule has 3 N–H and O–H groups in total. The van der Waals surface area contributed by atoms with Crippen molar-refractivity contribution in [3.8, 4) is 5.75 Å². The van der Waals surface area contributed by atoms with E-state index in [1.165, 1.54) is 7.11 Å². The summed E-state index contributed by atoms with van der Waals surface area (Å²) in [6.07, 6.45) is 0. The Morgan fingerprint density at radius 2 is 1.75 bits per heavy atom. The van der Waals surface area contributed by atoms with Crippen LogP contribution in [0, 0.1) is 0 Å². The van der Waals surface area contributed by atoms with E-state index >= 15 is 0 Å². The van der Waals surface area contributed by atoms with Crippen LogP contribution in [0.25, 0.3) is 0 Å². The van der Waals surface area contributed by atoms with Crippen LogP contribution in [0.15, 0.2) is 36.4 Å². The quantitative estimate of drug-likeness (QED) is 0.702. The predicted molar refractivity (Wildman–Crippen MR) is 109 cm³/mol. The number of anilines is 2. The number of carbonyl (C=O) groups is 1. The maximum atomic E-state index is 12.6. The number of nitrogens with one attached hydrogen (secondary N) is 1. The minimum absolute atomic E-state index is 0.269. The van der Waals surface area contributed by atoms with Crippen molar-refractivity contribution in [2.45, 2.75) is 13.2 Å². The third-order valence-electron chi connectivity index (χ3n) is 5.11. The molecule has 1 fully saturated rings. The molecular formula is C21H27N3O4. The van der Waals surface area contributed by atoms with Gasteiger partial charge in [-0.1, -0.05) is 0 Å². The van der Waals surface area contributed by atoms with Crippen LogP contribution in [-0.4, -0.2) is 61.4 Å². The molecule has 150 valence electrons. The Balaban J connectivity index is 1.72. The zero-order valence-corrected chi connectivity index (χ0v) is 16.3. The molecule has 0 unspecified atom stereocenters. The van der Waals surface area contributed by atoms with Gasteiger partial charge in [0, 0.05) is 48.7 Å². The number of aliphatic hydroxyl groups excluding tert-OH is 2. The molecule has 7 heteroatoms. The molecule has 1 aliphatic rings. The lowest BCUT2D eigenvalue weighted by atomic mass is 10.0. The molecular weight excluding hydrogens is 358 g/mol. The highest BCUT2D eigenvalue weighted by Crippen LogP contribution is 2.26. The number of hydrogen-bond acceptors (Lipinski definition) is 6. The largest absolute Gasteiger partial charge is 0.496 e. The van der Waals surface area contributed by atoms with Crippen molar-refractivity contribution in [2.24, 2.45) is 0 Å². The number of hydrogen-bond donors (Lipinski definition) is 3. The predicted octanol–water partition coefficient (Wildman–Crippen LogP) is 1.68. The van der Waals surface area contributed by atoms with E-state index in [0.717, 1.165) is 31.9 Å². The second kappa shape index (κ2) is 9.05. The number of aliphatic hydroxyl groups is 2. The number of carbonyl (C=O) groups excluding carboxylic acids is 1. The average Bonchev–Trinajstić information content (AvgIpc) is 2.73. The molecule has 0 aliphatic carbocycles. The van der Waals surface area contributed by atoms with Crippen LogP contribution in [0.2, 0.25) is 0 Å². The zero-order valence-electron chi connectivity index (χ0n) is 16.3. The maximum Gasteiger partial charge on any atom is 0.255 e. The van der Waals surface area contributed by atoms with E-state index in [2.05, 4.69) is 22.2 Å². The van der Waals surface area contributed by atoms with Crippen molar-refractivity contribution in [3.05, 3.63) is 53.1 Å². The number of likely N-dealkylation sites (N-methyl/N-ethyl adjacent to an activating group) is 1. The smallest absolute Gasteiger partial charge is 0.255 e. The number of methoxy groups -OCH3 is 1. The topological polar surface area (TPSA) is 85.3 Å². The van der Waals surface area contributed by atoms with Crippen LogP contribution in [-0.2, 0) is 13.2 Å². The highest BCUT2D eigenvalue weighted by atomic mass is 16.5. The van der Waals surface area contributed by atoms with Gasteiger partial charge in [0.25, 0.3) is 5.91 Å². The number of ether oxygens (including phenoxy) is 1. The summed E-state index contributed by atoms with van der Waals surface area (Å²) in [7, 11) is 3.59.